The minimum atomic E-state index is 0.904. The van der Waals surface area contributed by atoms with E-state index in [1.54, 1.807) is 0 Å². The maximum absolute atomic E-state index is 5.89. The number of benzene rings is 1. The first-order valence-electron chi connectivity index (χ1n) is 4.10. The number of rotatable bonds is 0. The van der Waals surface area contributed by atoms with E-state index in [4.69, 9.17) is 5.73 Å². The zero-order valence-corrected chi connectivity index (χ0v) is 8.91. The van der Waals surface area contributed by atoms with Gasteiger partial charge in [-0.3, -0.25) is 0 Å². The fourth-order valence-corrected chi connectivity index (χ4v) is 2.56. The number of hydrogen-bond donors (Lipinski definition) is 1. The number of anilines is 2. The van der Waals surface area contributed by atoms with Crippen molar-refractivity contribution in [2.24, 2.45) is 0 Å². The summed E-state index contributed by atoms with van der Waals surface area (Å²) in [5.41, 5.74) is 9.40. The van der Waals surface area contributed by atoms with Crippen LogP contribution in [-0.4, -0.2) is 6.54 Å². The largest absolute Gasteiger partial charge is 0.397 e. The lowest BCUT2D eigenvalue weighted by molar-refractivity contribution is 0.807. The molecule has 0 saturated carbocycles. The molecule has 0 amide bonds. The zero-order chi connectivity index (χ0) is 8.55. The molecule has 0 fully saturated rings. The van der Waals surface area contributed by atoms with E-state index < -0.39 is 0 Å². The lowest BCUT2D eigenvalue weighted by Gasteiger charge is -2.26. The molecule has 1 aromatic carbocycles. The van der Waals surface area contributed by atoms with Gasteiger partial charge in [0, 0.05) is 6.54 Å². The van der Waals surface area contributed by atoms with E-state index >= 15 is 0 Å². The van der Waals surface area contributed by atoms with Crippen molar-refractivity contribution >= 4 is 34.2 Å². The van der Waals surface area contributed by atoms with Crippen molar-refractivity contribution < 1.29 is 0 Å². The Hall–Kier alpha value is -0.450. The lowest BCUT2D eigenvalue weighted by Crippen LogP contribution is -2.20. The second-order valence-electron chi connectivity index (χ2n) is 3.04. The van der Waals surface area contributed by atoms with Gasteiger partial charge in [0.1, 0.15) is 0 Å². The van der Waals surface area contributed by atoms with Crippen LogP contribution in [0, 0.1) is 0 Å². The lowest BCUT2D eigenvalue weighted by atomic mass is 10.0. The van der Waals surface area contributed by atoms with E-state index in [1.807, 2.05) is 12.1 Å². The first-order chi connectivity index (χ1) is 5.79. The summed E-state index contributed by atoms with van der Waals surface area (Å²) in [6.45, 7) is 1.11. The van der Waals surface area contributed by atoms with Crippen molar-refractivity contribution in [3.63, 3.8) is 0 Å². The molecule has 2 N–H and O–H groups in total. The van der Waals surface area contributed by atoms with E-state index in [9.17, 15) is 0 Å². The van der Waals surface area contributed by atoms with Crippen LogP contribution in [0.5, 0.6) is 0 Å². The van der Waals surface area contributed by atoms with Gasteiger partial charge in [-0.15, -0.1) is 0 Å². The molecular formula is C9H11IN2. The molecule has 0 spiro atoms. The SMILES string of the molecule is Nc1cccc2c1N(I)CCC2. The number of halogens is 1. The Balaban J connectivity index is 2.53. The molecule has 1 aliphatic rings. The van der Waals surface area contributed by atoms with Gasteiger partial charge in [0.15, 0.2) is 0 Å². The third-order valence-electron chi connectivity index (χ3n) is 2.19. The average Bonchev–Trinajstić information content (AvgIpc) is 2.04. The summed E-state index contributed by atoms with van der Waals surface area (Å²) in [5.74, 6) is 0. The van der Waals surface area contributed by atoms with Gasteiger partial charge in [0.05, 0.1) is 34.2 Å². The average molecular weight is 274 g/mol. The standard InChI is InChI=1S/C9H11IN2/c10-12-6-2-4-7-3-1-5-8(11)9(7)12/h1,3,5H,2,4,6,11H2. The van der Waals surface area contributed by atoms with Crippen LogP contribution in [0.15, 0.2) is 18.2 Å². The Bertz CT molecular complexity index is 299. The highest BCUT2D eigenvalue weighted by molar-refractivity contribution is 14.1. The smallest absolute Gasteiger partial charge is 0.0719 e. The Morgan fingerprint density at radius 1 is 1.42 bits per heavy atom. The number of aryl methyl sites for hydroxylation is 1. The van der Waals surface area contributed by atoms with Gasteiger partial charge in [-0.1, -0.05) is 12.1 Å². The van der Waals surface area contributed by atoms with Crippen molar-refractivity contribution in [1.29, 1.82) is 0 Å². The van der Waals surface area contributed by atoms with Gasteiger partial charge in [-0.2, -0.15) is 0 Å². The minimum Gasteiger partial charge on any atom is -0.397 e. The maximum Gasteiger partial charge on any atom is 0.0719 e. The number of nitrogens with two attached hydrogens (primary N) is 1. The monoisotopic (exact) mass is 274 g/mol. The summed E-state index contributed by atoms with van der Waals surface area (Å²) in [6, 6.07) is 6.16. The van der Waals surface area contributed by atoms with E-state index in [0.717, 1.165) is 12.2 Å². The quantitative estimate of drug-likeness (QED) is 0.447. The van der Waals surface area contributed by atoms with E-state index in [0.29, 0.717) is 0 Å². The molecule has 64 valence electrons. The summed E-state index contributed by atoms with van der Waals surface area (Å²) >= 11 is 2.33. The molecule has 1 heterocycles. The molecule has 3 heteroatoms. The maximum atomic E-state index is 5.89. The second-order valence-corrected chi connectivity index (χ2v) is 4.21. The van der Waals surface area contributed by atoms with Crippen molar-refractivity contribution in [2.45, 2.75) is 12.8 Å². The molecule has 1 aliphatic heterocycles. The van der Waals surface area contributed by atoms with Crippen LogP contribution < -0.4 is 8.85 Å². The van der Waals surface area contributed by atoms with Crippen LogP contribution in [-0.2, 0) is 6.42 Å². The van der Waals surface area contributed by atoms with Gasteiger partial charge in [-0.25, -0.2) is 0 Å². The summed E-state index contributed by atoms with van der Waals surface area (Å²) in [6.07, 6.45) is 2.40. The normalized spacial score (nSPS) is 15.9. The predicted octanol–water partition coefficient (Wildman–Crippen LogP) is 2.37. The van der Waals surface area contributed by atoms with Crippen LogP contribution in [0.1, 0.15) is 12.0 Å². The zero-order valence-electron chi connectivity index (χ0n) is 6.76. The van der Waals surface area contributed by atoms with Crippen molar-refractivity contribution in [3.05, 3.63) is 23.8 Å². The summed E-state index contributed by atoms with van der Waals surface area (Å²) in [5, 5.41) is 0. The highest BCUT2D eigenvalue weighted by Crippen LogP contribution is 2.34. The number of nitrogen functional groups attached to an aromatic ring is 1. The van der Waals surface area contributed by atoms with Crippen LogP contribution in [0.4, 0.5) is 11.4 Å². The Kier molecular flexibility index (Phi) is 2.12. The first kappa shape index (κ1) is 8.16. The molecule has 2 nitrogen and oxygen atoms in total. The molecule has 12 heavy (non-hydrogen) atoms. The van der Waals surface area contributed by atoms with Crippen molar-refractivity contribution in [1.82, 2.24) is 0 Å². The van der Waals surface area contributed by atoms with Crippen molar-refractivity contribution in [3.8, 4) is 0 Å². The third kappa shape index (κ3) is 1.26. The summed E-state index contributed by atoms with van der Waals surface area (Å²) in [4.78, 5) is 0. The fourth-order valence-electron chi connectivity index (χ4n) is 1.63. The molecule has 0 unspecified atom stereocenters. The Labute approximate surface area is 86.2 Å². The molecule has 0 aliphatic carbocycles. The molecule has 0 saturated heterocycles. The topological polar surface area (TPSA) is 29.3 Å². The van der Waals surface area contributed by atoms with Crippen LogP contribution in [0.3, 0.4) is 0 Å². The summed E-state index contributed by atoms with van der Waals surface area (Å²) < 4.78 is 2.21. The highest BCUT2D eigenvalue weighted by atomic mass is 127. The van der Waals surface area contributed by atoms with Gasteiger partial charge < -0.3 is 8.85 Å². The second kappa shape index (κ2) is 3.12. The Morgan fingerprint density at radius 3 is 3.00 bits per heavy atom. The van der Waals surface area contributed by atoms with Gasteiger partial charge >= 0.3 is 0 Å². The number of para-hydroxylation sites is 1. The van der Waals surface area contributed by atoms with Crippen LogP contribution in [0.2, 0.25) is 0 Å². The van der Waals surface area contributed by atoms with Gasteiger partial charge in [-0.05, 0) is 24.5 Å². The molecule has 0 aromatic heterocycles. The van der Waals surface area contributed by atoms with Crippen LogP contribution in [0.25, 0.3) is 0 Å². The molecule has 2 rings (SSSR count). The van der Waals surface area contributed by atoms with Crippen LogP contribution >= 0.6 is 22.9 Å². The first-order valence-corrected chi connectivity index (χ1v) is 5.06. The fraction of sp³-hybridized carbons (Fsp3) is 0.333. The van der Waals surface area contributed by atoms with E-state index in [-0.39, 0.29) is 0 Å². The highest BCUT2D eigenvalue weighted by Gasteiger charge is 2.16. The number of fused-ring (bicyclic) bond motifs is 1. The third-order valence-corrected chi connectivity index (χ3v) is 3.16. The molecule has 0 bridgehead atoms. The number of hydrogen-bond acceptors (Lipinski definition) is 2. The predicted molar refractivity (Wildman–Crippen MR) is 60.5 cm³/mol. The van der Waals surface area contributed by atoms with E-state index in [1.165, 1.54) is 24.1 Å². The van der Waals surface area contributed by atoms with Gasteiger partial charge in [0.2, 0.25) is 0 Å². The molecule has 1 aromatic rings. The molecular weight excluding hydrogens is 263 g/mol. The summed E-state index contributed by atoms with van der Waals surface area (Å²) in [7, 11) is 0. The van der Waals surface area contributed by atoms with Crippen molar-refractivity contribution in [2.75, 3.05) is 15.4 Å². The van der Waals surface area contributed by atoms with E-state index in [2.05, 4.69) is 32.0 Å². The number of nitrogens with zero attached hydrogens (tertiary/aromatic N) is 1. The minimum absolute atomic E-state index is 0.904. The van der Waals surface area contributed by atoms with Gasteiger partial charge in [0.25, 0.3) is 0 Å². The molecule has 0 radical (unpaired) electrons. The molecule has 0 atom stereocenters. The Morgan fingerprint density at radius 2 is 2.25 bits per heavy atom.